The number of hydrogen-bond acceptors (Lipinski definition) is 20. The third-order valence-electron chi connectivity index (χ3n) is 28.6. The molecule has 25 heteroatoms. The molecule has 11 aromatic carbocycles. The lowest BCUT2D eigenvalue weighted by atomic mass is 9.54. The fourth-order valence-corrected chi connectivity index (χ4v) is 33.7. The van der Waals surface area contributed by atoms with Gasteiger partial charge < -0.3 is 47.4 Å². The van der Waals surface area contributed by atoms with Crippen LogP contribution in [0.4, 0.5) is 0 Å². The van der Waals surface area contributed by atoms with Crippen molar-refractivity contribution in [1.82, 2.24) is 0 Å². The molecule has 0 N–H and O–H groups in total. The molecule has 748 valence electrons. The summed E-state index contributed by atoms with van der Waals surface area (Å²) in [5.41, 5.74) is 8.15. The van der Waals surface area contributed by atoms with E-state index < -0.39 is 63.7 Å². The number of ketones is 1. The Labute approximate surface area is 857 Å². The van der Waals surface area contributed by atoms with Gasteiger partial charge in [0.15, 0.2) is 78.9 Å². The number of aryl methyl sites for hydroxylation is 8. The summed E-state index contributed by atoms with van der Waals surface area (Å²) in [4.78, 5) is 97.5. The van der Waals surface area contributed by atoms with E-state index in [2.05, 4.69) is 263 Å². The first kappa shape index (κ1) is 103. The van der Waals surface area contributed by atoms with Crippen LogP contribution in [0.1, 0.15) is 128 Å². The van der Waals surface area contributed by atoms with Gasteiger partial charge in [-0.3, -0.25) is 18.6 Å². The molecule has 17 unspecified atom stereocenters. The van der Waals surface area contributed by atoms with Gasteiger partial charge in [-0.2, -0.15) is 8.42 Å². The van der Waals surface area contributed by atoms with Crippen molar-refractivity contribution in [3.8, 4) is 23.0 Å². The second kappa shape index (κ2) is 47.4. The number of Topliss-reactive ketones (excluding diaryl/α,β-unsaturated/α-hetero) is 1. The van der Waals surface area contributed by atoms with Crippen molar-refractivity contribution in [2.24, 2.45) is 47.3 Å². The highest BCUT2D eigenvalue weighted by molar-refractivity contribution is 7.98. The summed E-state index contributed by atoms with van der Waals surface area (Å²) >= 11 is 0. The monoisotopic (exact) mass is 2030 g/mol. The number of carbonyl (C=O) groups excluding carboxylic acids is 7. The number of benzene rings is 11. The maximum Gasteiger partial charge on any atom is 0.347 e. The quantitative estimate of drug-likeness (QED) is 0.0152. The van der Waals surface area contributed by atoms with E-state index in [1.807, 2.05) is 84.9 Å². The summed E-state index contributed by atoms with van der Waals surface area (Å²) in [5.74, 6) is 2.73. The number of esters is 5. The van der Waals surface area contributed by atoms with Gasteiger partial charge in [-0.05, 0) is 273 Å². The number of methoxy groups -OCH3 is 1. The molecule has 22 rings (SSSR count). The van der Waals surface area contributed by atoms with E-state index in [1.54, 1.807) is 7.11 Å². The van der Waals surface area contributed by atoms with Crippen LogP contribution in [0, 0.1) is 103 Å². The lowest BCUT2D eigenvalue weighted by Crippen LogP contribution is -2.54. The molecule has 4 aliphatic heterocycles. The highest BCUT2D eigenvalue weighted by Crippen LogP contribution is 2.57. The van der Waals surface area contributed by atoms with Gasteiger partial charge in [-0.25, -0.2) is 19.2 Å². The topological polar surface area (TPSA) is 255 Å². The van der Waals surface area contributed by atoms with Gasteiger partial charge in [0.1, 0.15) is 59.3 Å². The minimum Gasteiger partial charge on any atom is -0.496 e. The van der Waals surface area contributed by atoms with Crippen molar-refractivity contribution in [3.63, 3.8) is 0 Å². The second-order valence-corrected chi connectivity index (χ2v) is 48.9. The van der Waals surface area contributed by atoms with E-state index in [4.69, 9.17) is 51.6 Å². The van der Waals surface area contributed by atoms with E-state index in [-0.39, 0.29) is 118 Å². The van der Waals surface area contributed by atoms with Crippen LogP contribution in [0.3, 0.4) is 0 Å². The predicted molar refractivity (Wildman–Crippen MR) is 557 cm³/mol. The summed E-state index contributed by atoms with van der Waals surface area (Å²) in [7, 11) is -2.55. The molecule has 10 fully saturated rings. The summed E-state index contributed by atoms with van der Waals surface area (Å²) in [6, 6.07) is 91.1. The Morgan fingerprint density at radius 3 is 1.26 bits per heavy atom. The molecular formula is C119H126O20S5+4. The molecule has 17 atom stereocenters. The first-order chi connectivity index (χ1) is 69.7. The number of cyclic esters (lactones) is 1. The summed E-state index contributed by atoms with van der Waals surface area (Å²) in [6.45, 7) is 18.4. The highest BCUT2D eigenvalue weighted by atomic mass is 32.2. The number of allylic oxidation sites excluding steroid dienone is 3. The van der Waals surface area contributed by atoms with Gasteiger partial charge in [0.05, 0.1) is 74.4 Å². The minimum atomic E-state index is -3.54. The lowest BCUT2D eigenvalue weighted by molar-refractivity contribution is -0.169. The normalized spacial score (nSPS) is 24.1. The van der Waals surface area contributed by atoms with Crippen LogP contribution in [-0.4, -0.2) is 131 Å². The molecule has 4 saturated heterocycles. The lowest BCUT2D eigenvalue weighted by Gasteiger charge is -2.51. The van der Waals surface area contributed by atoms with E-state index >= 15 is 0 Å². The van der Waals surface area contributed by atoms with E-state index in [9.17, 15) is 42.0 Å². The van der Waals surface area contributed by atoms with E-state index in [1.165, 1.54) is 71.4 Å². The molecule has 4 heterocycles. The largest absolute Gasteiger partial charge is 0.496 e. The van der Waals surface area contributed by atoms with Crippen LogP contribution in [0.2, 0.25) is 0 Å². The maximum atomic E-state index is 12.9. The van der Waals surface area contributed by atoms with Crippen LogP contribution in [0.25, 0.3) is 0 Å². The molecule has 11 aliphatic rings. The van der Waals surface area contributed by atoms with Crippen molar-refractivity contribution in [2.45, 2.75) is 240 Å². The Kier molecular flexibility index (Phi) is 34.0. The van der Waals surface area contributed by atoms with Crippen molar-refractivity contribution >= 4 is 95.8 Å². The molecule has 20 nitrogen and oxygen atoms in total. The van der Waals surface area contributed by atoms with Gasteiger partial charge in [0, 0.05) is 79.1 Å². The number of carbonyl (C=O) groups is 7. The van der Waals surface area contributed by atoms with Crippen molar-refractivity contribution in [3.05, 3.63) is 330 Å². The standard InChI is InChI=1S/C32H35O5S.C29H29O6S2.C26H25O5S.C21H23OS.C11H14O3/c1-21-17-24-11-10-16-28(36-32(24)34)31(21)37-29(33)20-35-30-22(2)18-27(19-23(30)3)38(25-12-6-4-7-13-25)26-14-8-5-9-15-26;1-18-13-23(36(21-9-5-3-6-10-21)22-11-7-4-8-12-22)14-19(2)27(18)33-17-26(30)34-28-20-15-24-25(16-20)37(31,32)35-29(24)28;1-18-15-22(32(20-9-5-3-6-10-20)21-11-7-4-8-12-21)16-19(2)25(18)30-17-24(27)31-23-13-14-29-26(23)28;1-16-14-20(15-17(2)21(16)22-3)23(18-10-6-4-7-11-18)19-12-8-5-9-13-19;12-5-14-11-8-2-6-1-7(4-8)10(13)9(11)3-6/h4-9,12-15,18-19,21,24,28,31H,10-11,16-17,20H2,1-3H3;3-14,20,24-25,28-29H,15-17H2,1-2H3;3-12,15-16,23H,13-14,17H2,1-2H3;4-12,14-15,19H,13H2,1-3H3;5-9,11H,1-4H2/q4*+1;. The number of hydrogen-bond donors (Lipinski definition) is 0. The van der Waals surface area contributed by atoms with E-state index in [0.29, 0.717) is 65.9 Å². The van der Waals surface area contributed by atoms with Crippen LogP contribution >= 0.6 is 0 Å². The number of fused-ring (bicyclic) bond motifs is 4. The second-order valence-electron chi connectivity index (χ2n) is 38.8. The fraction of sp³-hybridized carbons (Fsp3) is 0.353. The fourth-order valence-electron chi connectivity index (χ4n) is 22.5. The van der Waals surface area contributed by atoms with Crippen molar-refractivity contribution in [1.29, 1.82) is 0 Å². The molecule has 0 amide bonds. The molecule has 11 aromatic rings. The zero-order chi connectivity index (χ0) is 101. The molecule has 0 aromatic heterocycles. The first-order valence-corrected chi connectivity index (χ1v) is 56.2. The average molecular weight is 2040 g/mol. The number of rotatable bonds is 27. The SMILES string of the molecule is COc1c(C)cc([S+](c2ccccc2)C2C=CC=CC2)cc1C.Cc1cc([S+](c2ccccc2)c2ccccc2)cc(C)c1OCC(=O)OC1C(C)CC2CCCC1OC2=O.Cc1cc([S+](c2ccccc2)c2ccccc2)cc(C)c1OCC(=O)OC1C2CC3C1OS(=O)(=O)C3C2.Cc1cc([S+](c2ccccc2)c2ccccc2)cc(C)c1OCC(=O)OC1CCOC1=O.O=COC1C2CC3CC(C2)C(=O)C1C3. The molecule has 6 saturated carbocycles. The predicted octanol–water partition coefficient (Wildman–Crippen LogP) is 22.3. The van der Waals surface area contributed by atoms with Gasteiger partial charge >= 0.3 is 29.8 Å². The van der Waals surface area contributed by atoms with Crippen LogP contribution in [0.15, 0.2) is 339 Å². The Morgan fingerprint density at radius 2 is 0.840 bits per heavy atom. The zero-order valence-corrected chi connectivity index (χ0v) is 87.1. The van der Waals surface area contributed by atoms with Crippen LogP contribution in [-0.2, 0) is 120 Å². The third kappa shape index (κ3) is 24.2. The molecule has 0 radical (unpaired) electrons. The minimum absolute atomic E-state index is 0.0379. The first-order valence-electron chi connectivity index (χ1n) is 49.8. The Morgan fingerprint density at radius 1 is 0.424 bits per heavy atom. The molecule has 7 aliphatic carbocycles. The van der Waals surface area contributed by atoms with Crippen LogP contribution < -0.4 is 18.9 Å². The summed E-state index contributed by atoms with van der Waals surface area (Å²) < 4.78 is 85.3. The molecule has 8 bridgehead atoms. The Balaban J connectivity index is 0.000000127. The van der Waals surface area contributed by atoms with Crippen LogP contribution in [0.5, 0.6) is 23.0 Å². The molecule has 0 spiro atoms. The Bertz CT molecular complexity index is 6340. The van der Waals surface area contributed by atoms with Crippen molar-refractivity contribution in [2.75, 3.05) is 33.5 Å². The Hall–Kier alpha value is -12.1. The summed E-state index contributed by atoms with van der Waals surface area (Å²) in [5, 5.41) is 0.0865. The number of ether oxygens (including phenoxy) is 10. The van der Waals surface area contributed by atoms with Crippen molar-refractivity contribution < 1.29 is 93.5 Å². The highest BCUT2D eigenvalue weighted by Gasteiger charge is 2.66. The summed E-state index contributed by atoms with van der Waals surface area (Å²) in [6.07, 6.45) is 16.3. The van der Waals surface area contributed by atoms with E-state index in [0.717, 1.165) is 96.4 Å². The smallest absolute Gasteiger partial charge is 0.347 e. The van der Waals surface area contributed by atoms with Gasteiger partial charge in [-0.1, -0.05) is 153 Å². The molecular weight excluding hydrogens is 1910 g/mol. The van der Waals surface area contributed by atoms with Gasteiger partial charge in [0.25, 0.3) is 16.6 Å². The average Bonchev–Trinajstić information content (AvgIpc) is 1.28. The third-order valence-corrected chi connectivity index (χ3v) is 39.5. The maximum absolute atomic E-state index is 12.9. The molecule has 144 heavy (non-hydrogen) atoms. The zero-order valence-electron chi connectivity index (χ0n) is 83.0. The van der Waals surface area contributed by atoms with Gasteiger partial charge in [-0.15, -0.1) is 0 Å². The van der Waals surface area contributed by atoms with Gasteiger partial charge in [0.2, 0.25) is 6.10 Å².